The molecule has 0 atom stereocenters. The van der Waals surface area contributed by atoms with Crippen LogP contribution in [0, 0.1) is 13.8 Å². The third-order valence-corrected chi connectivity index (χ3v) is 7.95. The van der Waals surface area contributed by atoms with Gasteiger partial charge < -0.3 is 5.32 Å². The maximum atomic E-state index is 13.5. The van der Waals surface area contributed by atoms with Crippen LogP contribution in [-0.4, -0.2) is 25.1 Å². The molecule has 1 N–H and O–H groups in total. The number of nitrogens with one attached hydrogen (secondary N) is 1. The number of pyridine rings is 1. The van der Waals surface area contributed by atoms with Gasteiger partial charge in [-0.3, -0.25) is 14.2 Å². The monoisotopic (exact) mass is 518 g/mol. The average Bonchev–Trinajstić information content (AvgIpc) is 2.85. The van der Waals surface area contributed by atoms with E-state index < -0.39 is 21.3 Å². The number of hydrogen-bond acceptors (Lipinski definition) is 5. The van der Waals surface area contributed by atoms with Crippen molar-refractivity contribution >= 4 is 27.5 Å². The highest BCUT2D eigenvalue weighted by molar-refractivity contribution is 7.99. The van der Waals surface area contributed by atoms with E-state index in [0.29, 0.717) is 5.69 Å². The van der Waals surface area contributed by atoms with Crippen molar-refractivity contribution in [2.75, 3.05) is 6.26 Å². The van der Waals surface area contributed by atoms with Crippen molar-refractivity contribution in [3.63, 3.8) is 0 Å². The molecule has 0 aliphatic carbocycles. The van der Waals surface area contributed by atoms with Gasteiger partial charge in [0.1, 0.15) is 5.56 Å². The van der Waals surface area contributed by atoms with Gasteiger partial charge in [0.25, 0.3) is 11.5 Å². The molecule has 0 radical (unpaired) electrons. The van der Waals surface area contributed by atoms with E-state index in [2.05, 4.69) is 5.32 Å². The van der Waals surface area contributed by atoms with Gasteiger partial charge in [-0.15, -0.1) is 0 Å². The number of hydrogen-bond donors (Lipinski definition) is 1. The second kappa shape index (κ2) is 10.6. The summed E-state index contributed by atoms with van der Waals surface area (Å²) in [5, 5.41) is 2.80. The van der Waals surface area contributed by atoms with Crippen LogP contribution in [0.1, 0.15) is 27.2 Å². The highest BCUT2D eigenvalue weighted by atomic mass is 32.2. The molecule has 0 saturated heterocycles. The first kappa shape index (κ1) is 25.5. The topological polar surface area (TPSA) is 85.2 Å². The molecule has 8 heteroatoms. The number of rotatable bonds is 7. The molecule has 0 bridgehead atoms. The van der Waals surface area contributed by atoms with Crippen molar-refractivity contribution in [2.45, 2.75) is 35.1 Å². The standard InChI is InChI=1S/C28H26N2O4S2/c1-19-8-7-9-22(16-19)30-20(2)26(35-23-10-5-4-6-11-23)17-25(28(30)32)27(31)29-18-21-12-14-24(15-13-21)36(3,33)34/h4-17H,18H2,1-3H3,(H,29,31). The maximum Gasteiger partial charge on any atom is 0.268 e. The van der Waals surface area contributed by atoms with E-state index in [-0.39, 0.29) is 17.0 Å². The zero-order chi connectivity index (χ0) is 25.9. The zero-order valence-corrected chi connectivity index (χ0v) is 21.8. The number of sulfone groups is 1. The Kier molecular flexibility index (Phi) is 7.47. The van der Waals surface area contributed by atoms with Gasteiger partial charge in [0.05, 0.1) is 4.90 Å². The van der Waals surface area contributed by atoms with E-state index in [1.807, 2.05) is 68.4 Å². The molecular formula is C28H26N2O4S2. The molecule has 3 aromatic carbocycles. The first-order valence-electron chi connectivity index (χ1n) is 11.3. The van der Waals surface area contributed by atoms with Gasteiger partial charge in [-0.2, -0.15) is 0 Å². The van der Waals surface area contributed by atoms with Crippen LogP contribution in [0.15, 0.2) is 104 Å². The van der Waals surface area contributed by atoms with Crippen molar-refractivity contribution in [2.24, 2.45) is 0 Å². The molecule has 184 valence electrons. The van der Waals surface area contributed by atoms with Gasteiger partial charge in [-0.05, 0) is 67.4 Å². The van der Waals surface area contributed by atoms with E-state index in [1.54, 1.807) is 22.8 Å². The fraction of sp³-hybridized carbons (Fsp3) is 0.143. The van der Waals surface area contributed by atoms with Gasteiger partial charge in [-0.1, -0.05) is 54.2 Å². The minimum Gasteiger partial charge on any atom is -0.348 e. The minimum absolute atomic E-state index is 0.0355. The predicted molar refractivity (Wildman–Crippen MR) is 143 cm³/mol. The van der Waals surface area contributed by atoms with E-state index in [4.69, 9.17) is 0 Å². The van der Waals surface area contributed by atoms with E-state index in [0.717, 1.165) is 32.9 Å². The van der Waals surface area contributed by atoms with Crippen molar-refractivity contribution in [3.8, 4) is 5.69 Å². The fourth-order valence-electron chi connectivity index (χ4n) is 3.77. The summed E-state index contributed by atoms with van der Waals surface area (Å²) < 4.78 is 24.9. The largest absolute Gasteiger partial charge is 0.348 e. The Morgan fingerprint density at radius 1 is 0.917 bits per heavy atom. The second-order valence-corrected chi connectivity index (χ2v) is 11.6. The van der Waals surface area contributed by atoms with E-state index in [9.17, 15) is 18.0 Å². The van der Waals surface area contributed by atoms with Gasteiger partial charge in [0.15, 0.2) is 9.84 Å². The summed E-state index contributed by atoms with van der Waals surface area (Å²) in [7, 11) is -3.30. The number of amides is 1. The summed E-state index contributed by atoms with van der Waals surface area (Å²) in [5.74, 6) is -0.497. The summed E-state index contributed by atoms with van der Waals surface area (Å²) in [6, 6.07) is 25.3. The average molecular weight is 519 g/mol. The lowest BCUT2D eigenvalue weighted by Gasteiger charge is -2.17. The van der Waals surface area contributed by atoms with Crippen LogP contribution in [0.3, 0.4) is 0 Å². The van der Waals surface area contributed by atoms with Crippen LogP contribution in [-0.2, 0) is 16.4 Å². The number of carbonyl (C=O) groups is 1. The normalized spacial score (nSPS) is 11.3. The van der Waals surface area contributed by atoms with E-state index >= 15 is 0 Å². The second-order valence-electron chi connectivity index (χ2n) is 8.50. The molecule has 1 heterocycles. The summed E-state index contributed by atoms with van der Waals surface area (Å²) in [6.07, 6.45) is 1.14. The Bertz CT molecular complexity index is 1580. The SMILES string of the molecule is Cc1cccc(-n2c(C)c(Sc3ccccc3)cc(C(=O)NCc3ccc(S(C)(=O)=O)cc3)c2=O)c1. The third kappa shape index (κ3) is 5.78. The first-order chi connectivity index (χ1) is 17.1. The van der Waals surface area contributed by atoms with Crippen LogP contribution in [0.25, 0.3) is 5.69 Å². The number of carbonyl (C=O) groups excluding carboxylic acids is 1. The van der Waals surface area contributed by atoms with Crippen LogP contribution >= 0.6 is 11.8 Å². The molecule has 0 aliphatic rings. The predicted octanol–water partition coefficient (Wildman–Crippen LogP) is 4.94. The highest BCUT2D eigenvalue weighted by Crippen LogP contribution is 2.31. The van der Waals surface area contributed by atoms with Gasteiger partial charge in [0.2, 0.25) is 0 Å². The Balaban J connectivity index is 1.70. The number of aromatic nitrogens is 1. The quantitative estimate of drug-likeness (QED) is 0.375. The molecule has 1 aromatic heterocycles. The maximum absolute atomic E-state index is 13.5. The van der Waals surface area contributed by atoms with Gasteiger partial charge in [0, 0.05) is 34.0 Å². The lowest BCUT2D eigenvalue weighted by Crippen LogP contribution is -2.33. The molecule has 0 saturated carbocycles. The van der Waals surface area contributed by atoms with Crippen LogP contribution in [0.5, 0.6) is 0 Å². The Morgan fingerprint density at radius 2 is 1.61 bits per heavy atom. The lowest BCUT2D eigenvalue weighted by molar-refractivity contribution is 0.0948. The fourth-order valence-corrected chi connectivity index (χ4v) is 5.37. The van der Waals surface area contributed by atoms with Crippen LogP contribution in [0.2, 0.25) is 0 Å². The molecule has 36 heavy (non-hydrogen) atoms. The van der Waals surface area contributed by atoms with Gasteiger partial charge in [-0.25, -0.2) is 8.42 Å². The molecule has 0 fully saturated rings. The molecular weight excluding hydrogens is 492 g/mol. The van der Waals surface area contributed by atoms with Crippen LogP contribution in [0.4, 0.5) is 0 Å². The molecule has 4 rings (SSSR count). The molecule has 6 nitrogen and oxygen atoms in total. The molecule has 0 unspecified atom stereocenters. The molecule has 4 aromatic rings. The Hall–Kier alpha value is -3.62. The molecule has 0 spiro atoms. The number of nitrogens with zero attached hydrogens (tertiary/aromatic N) is 1. The van der Waals surface area contributed by atoms with Crippen molar-refractivity contribution in [1.29, 1.82) is 0 Å². The molecule has 0 aliphatic heterocycles. The van der Waals surface area contributed by atoms with Crippen LogP contribution < -0.4 is 10.9 Å². The summed E-state index contributed by atoms with van der Waals surface area (Å²) in [6.45, 7) is 3.98. The van der Waals surface area contributed by atoms with Gasteiger partial charge >= 0.3 is 0 Å². The van der Waals surface area contributed by atoms with Crippen molar-refractivity contribution in [3.05, 3.63) is 118 Å². The van der Waals surface area contributed by atoms with Crippen molar-refractivity contribution < 1.29 is 13.2 Å². The third-order valence-electron chi connectivity index (χ3n) is 5.68. The van der Waals surface area contributed by atoms with E-state index in [1.165, 1.54) is 23.9 Å². The summed E-state index contributed by atoms with van der Waals surface area (Å²) >= 11 is 1.49. The lowest BCUT2D eigenvalue weighted by atomic mass is 10.1. The smallest absolute Gasteiger partial charge is 0.268 e. The number of aryl methyl sites for hydroxylation is 1. The zero-order valence-electron chi connectivity index (χ0n) is 20.2. The number of benzene rings is 3. The Labute approximate surface area is 214 Å². The summed E-state index contributed by atoms with van der Waals surface area (Å²) in [5.41, 5.74) is 2.80. The Morgan fingerprint density at radius 3 is 2.25 bits per heavy atom. The van der Waals surface area contributed by atoms with Crippen molar-refractivity contribution in [1.82, 2.24) is 9.88 Å². The first-order valence-corrected chi connectivity index (χ1v) is 14.0. The highest BCUT2D eigenvalue weighted by Gasteiger charge is 2.19. The molecule has 1 amide bonds. The summed E-state index contributed by atoms with van der Waals surface area (Å²) in [4.78, 5) is 28.7. The minimum atomic E-state index is -3.30.